The van der Waals surface area contributed by atoms with Crippen LogP contribution in [0.4, 0.5) is 4.39 Å². The summed E-state index contributed by atoms with van der Waals surface area (Å²) in [7, 11) is 0. The Morgan fingerprint density at radius 2 is 2.00 bits per heavy atom. The Labute approximate surface area is 116 Å². The highest BCUT2D eigenvalue weighted by molar-refractivity contribution is 7.99. The summed E-state index contributed by atoms with van der Waals surface area (Å²) in [6.07, 6.45) is 3.59. The Kier molecular flexibility index (Phi) is 4.87. The van der Waals surface area contributed by atoms with Crippen molar-refractivity contribution in [2.24, 2.45) is 0 Å². The van der Waals surface area contributed by atoms with Crippen molar-refractivity contribution in [2.45, 2.75) is 36.5 Å². The molecule has 0 aliphatic carbocycles. The maximum absolute atomic E-state index is 13.0. The van der Waals surface area contributed by atoms with Crippen molar-refractivity contribution in [1.82, 2.24) is 15.3 Å². The highest BCUT2D eigenvalue weighted by atomic mass is 32.2. The van der Waals surface area contributed by atoms with Gasteiger partial charge < -0.3 is 5.32 Å². The third kappa shape index (κ3) is 4.61. The van der Waals surface area contributed by atoms with Crippen LogP contribution in [0.15, 0.2) is 46.7 Å². The van der Waals surface area contributed by atoms with Crippen LogP contribution in [0, 0.1) is 5.82 Å². The summed E-state index contributed by atoms with van der Waals surface area (Å²) in [4.78, 5) is 9.34. The molecule has 1 aromatic heterocycles. The lowest BCUT2D eigenvalue weighted by Crippen LogP contribution is -2.21. The van der Waals surface area contributed by atoms with E-state index in [1.54, 1.807) is 18.5 Å². The molecule has 0 radical (unpaired) electrons. The molecule has 100 valence electrons. The lowest BCUT2D eigenvalue weighted by molar-refractivity contribution is 0.585. The van der Waals surface area contributed by atoms with E-state index in [2.05, 4.69) is 29.1 Å². The maximum atomic E-state index is 13.0. The average molecular weight is 277 g/mol. The first-order valence-electron chi connectivity index (χ1n) is 6.11. The van der Waals surface area contributed by atoms with Gasteiger partial charge in [-0.25, -0.2) is 14.4 Å². The van der Waals surface area contributed by atoms with Gasteiger partial charge in [-0.2, -0.15) is 0 Å². The van der Waals surface area contributed by atoms with E-state index in [1.165, 1.54) is 23.9 Å². The third-order valence-corrected chi connectivity index (χ3v) is 3.28. The van der Waals surface area contributed by atoms with Gasteiger partial charge in [0.15, 0.2) is 5.16 Å². The number of hydrogen-bond acceptors (Lipinski definition) is 4. The molecule has 0 spiro atoms. The first kappa shape index (κ1) is 14.0. The highest BCUT2D eigenvalue weighted by Crippen LogP contribution is 2.24. The van der Waals surface area contributed by atoms with Crippen molar-refractivity contribution in [2.75, 3.05) is 0 Å². The number of rotatable bonds is 5. The zero-order valence-electron chi connectivity index (χ0n) is 10.9. The van der Waals surface area contributed by atoms with Crippen LogP contribution in [0.25, 0.3) is 0 Å². The average Bonchev–Trinajstić information content (AvgIpc) is 2.38. The fourth-order valence-corrected chi connectivity index (χ4v) is 2.18. The normalized spacial score (nSPS) is 10.9. The molecule has 0 fully saturated rings. The van der Waals surface area contributed by atoms with Gasteiger partial charge in [0.2, 0.25) is 0 Å². The van der Waals surface area contributed by atoms with Crippen molar-refractivity contribution >= 4 is 11.8 Å². The van der Waals surface area contributed by atoms with Crippen LogP contribution in [0.1, 0.15) is 19.4 Å². The van der Waals surface area contributed by atoms with Crippen molar-refractivity contribution in [3.63, 3.8) is 0 Å². The minimum Gasteiger partial charge on any atom is -0.310 e. The minimum absolute atomic E-state index is 0.247. The molecule has 5 heteroatoms. The third-order valence-electron chi connectivity index (χ3n) is 2.40. The quantitative estimate of drug-likeness (QED) is 0.851. The monoisotopic (exact) mass is 277 g/mol. The van der Waals surface area contributed by atoms with Gasteiger partial charge in [-0.1, -0.05) is 19.9 Å². The molecule has 0 saturated carbocycles. The number of aromatic nitrogens is 2. The lowest BCUT2D eigenvalue weighted by Gasteiger charge is -2.07. The molecule has 19 heavy (non-hydrogen) atoms. The van der Waals surface area contributed by atoms with Gasteiger partial charge in [0.25, 0.3) is 0 Å². The van der Waals surface area contributed by atoms with Crippen LogP contribution in [-0.4, -0.2) is 16.0 Å². The summed E-state index contributed by atoms with van der Waals surface area (Å²) >= 11 is 1.35. The fraction of sp³-hybridized carbons (Fsp3) is 0.286. The van der Waals surface area contributed by atoms with E-state index >= 15 is 0 Å². The van der Waals surface area contributed by atoms with Crippen LogP contribution < -0.4 is 5.32 Å². The summed E-state index contributed by atoms with van der Waals surface area (Å²) in [6, 6.07) is 6.85. The first-order valence-corrected chi connectivity index (χ1v) is 6.93. The molecule has 1 aromatic carbocycles. The molecule has 0 bridgehead atoms. The molecule has 0 aliphatic rings. The second kappa shape index (κ2) is 6.63. The molecule has 0 unspecified atom stereocenters. The van der Waals surface area contributed by atoms with E-state index in [4.69, 9.17) is 0 Å². The largest absolute Gasteiger partial charge is 0.310 e. The predicted molar refractivity (Wildman–Crippen MR) is 74.5 cm³/mol. The predicted octanol–water partition coefficient (Wildman–Crippen LogP) is 3.26. The van der Waals surface area contributed by atoms with E-state index in [-0.39, 0.29) is 5.82 Å². The second-order valence-electron chi connectivity index (χ2n) is 4.47. The van der Waals surface area contributed by atoms with E-state index in [0.29, 0.717) is 11.2 Å². The highest BCUT2D eigenvalue weighted by Gasteiger charge is 2.02. The summed E-state index contributed by atoms with van der Waals surface area (Å²) in [5, 5.41) is 3.93. The van der Waals surface area contributed by atoms with Crippen molar-refractivity contribution in [3.05, 3.63) is 48.0 Å². The van der Waals surface area contributed by atoms with Gasteiger partial charge in [0.1, 0.15) is 5.82 Å². The Bertz CT molecular complexity index is 528. The van der Waals surface area contributed by atoms with Gasteiger partial charge in [-0.3, -0.25) is 0 Å². The molecule has 0 amide bonds. The van der Waals surface area contributed by atoms with Gasteiger partial charge in [-0.05, 0) is 30.0 Å². The summed E-state index contributed by atoms with van der Waals surface area (Å²) < 4.78 is 13.0. The molecule has 3 nitrogen and oxygen atoms in total. The molecular weight excluding hydrogens is 261 g/mol. The fourth-order valence-electron chi connectivity index (χ4n) is 1.44. The van der Waals surface area contributed by atoms with E-state index in [0.717, 1.165) is 17.0 Å². The summed E-state index contributed by atoms with van der Waals surface area (Å²) in [6.45, 7) is 4.94. The topological polar surface area (TPSA) is 37.8 Å². The summed E-state index contributed by atoms with van der Waals surface area (Å²) in [5.74, 6) is -0.247. The van der Waals surface area contributed by atoms with Gasteiger partial charge in [0.05, 0.1) is 0 Å². The molecule has 1 heterocycles. The standard InChI is InChI=1S/C14H16FN3S/c1-10(2)16-7-11-8-17-14(18-9-11)19-13-5-3-4-12(15)6-13/h3-6,8-10,16H,7H2,1-2H3. The Balaban J connectivity index is 1.98. The lowest BCUT2D eigenvalue weighted by atomic mass is 10.3. The number of nitrogens with zero attached hydrogens (tertiary/aromatic N) is 2. The van der Waals surface area contributed by atoms with Crippen LogP contribution in [0.2, 0.25) is 0 Å². The number of nitrogens with one attached hydrogen (secondary N) is 1. The van der Waals surface area contributed by atoms with Gasteiger partial charge in [-0.15, -0.1) is 0 Å². The van der Waals surface area contributed by atoms with E-state index in [1.807, 2.05) is 6.07 Å². The zero-order chi connectivity index (χ0) is 13.7. The van der Waals surface area contributed by atoms with Crippen LogP contribution in [0.5, 0.6) is 0 Å². The number of halogens is 1. The molecule has 2 rings (SSSR count). The zero-order valence-corrected chi connectivity index (χ0v) is 11.7. The first-order chi connectivity index (χ1) is 9.13. The molecular formula is C14H16FN3S. The van der Waals surface area contributed by atoms with Crippen LogP contribution >= 0.6 is 11.8 Å². The van der Waals surface area contributed by atoms with Crippen LogP contribution in [0.3, 0.4) is 0 Å². The van der Waals surface area contributed by atoms with Crippen LogP contribution in [-0.2, 0) is 6.54 Å². The smallest absolute Gasteiger partial charge is 0.192 e. The van der Waals surface area contributed by atoms with E-state index in [9.17, 15) is 4.39 Å². The van der Waals surface area contributed by atoms with Gasteiger partial charge in [0, 0.05) is 35.4 Å². The molecule has 0 aliphatic heterocycles. The molecule has 0 saturated heterocycles. The van der Waals surface area contributed by atoms with E-state index < -0.39 is 0 Å². The van der Waals surface area contributed by atoms with Crippen molar-refractivity contribution in [3.8, 4) is 0 Å². The number of benzene rings is 1. The molecule has 2 aromatic rings. The van der Waals surface area contributed by atoms with Crippen molar-refractivity contribution in [1.29, 1.82) is 0 Å². The molecule has 0 atom stereocenters. The number of hydrogen-bond donors (Lipinski definition) is 1. The van der Waals surface area contributed by atoms with Crippen molar-refractivity contribution < 1.29 is 4.39 Å². The summed E-state index contributed by atoms with van der Waals surface area (Å²) in [5.41, 5.74) is 1.04. The molecule has 1 N–H and O–H groups in total. The minimum atomic E-state index is -0.247. The maximum Gasteiger partial charge on any atom is 0.192 e. The Hall–Kier alpha value is -1.46. The Morgan fingerprint density at radius 3 is 2.63 bits per heavy atom. The Morgan fingerprint density at radius 1 is 1.26 bits per heavy atom. The SMILES string of the molecule is CC(C)NCc1cnc(Sc2cccc(F)c2)nc1. The van der Waals surface area contributed by atoms with Gasteiger partial charge >= 0.3 is 0 Å². The second-order valence-corrected chi connectivity index (χ2v) is 5.51.